The van der Waals surface area contributed by atoms with Gasteiger partial charge in [0.25, 0.3) is 0 Å². The van der Waals surface area contributed by atoms with E-state index in [4.69, 9.17) is 9.88 Å². The van der Waals surface area contributed by atoms with Crippen LogP contribution in [-0.2, 0) is 27.6 Å². The Morgan fingerprint density at radius 2 is 1.87 bits per heavy atom. The number of nitrogens with two attached hydrogens (primary N) is 1. The average molecular weight is 577 g/mol. The van der Waals surface area contributed by atoms with E-state index in [0.717, 1.165) is 54.5 Å². The first-order valence-electron chi connectivity index (χ1n) is 12.0. The number of benzene rings is 2. The maximum atomic E-state index is 14.7. The largest absolute Gasteiger partial charge is 0.461 e. The summed E-state index contributed by atoms with van der Waals surface area (Å²) in [4.78, 5) is 16.0. The van der Waals surface area contributed by atoms with Crippen LogP contribution in [0.15, 0.2) is 46.7 Å². The van der Waals surface area contributed by atoms with E-state index >= 15 is 0 Å². The minimum absolute atomic E-state index is 0.0768. The van der Waals surface area contributed by atoms with Gasteiger partial charge in [-0.25, -0.2) is 41.2 Å². The molecule has 0 aliphatic heterocycles. The molecule has 0 spiro atoms. The van der Waals surface area contributed by atoms with Gasteiger partial charge >= 0.3 is 5.97 Å². The average Bonchev–Trinajstić information content (AvgIpc) is 3.41. The number of carbonyl (C=O) groups is 1. The molecule has 39 heavy (non-hydrogen) atoms. The van der Waals surface area contributed by atoms with E-state index in [0.29, 0.717) is 34.3 Å². The molecule has 1 aliphatic rings. The number of carbonyl (C=O) groups excluding carboxylic acids is 1. The first-order valence-corrected chi connectivity index (χ1v) is 14.5. The predicted molar refractivity (Wildman–Crippen MR) is 138 cm³/mol. The zero-order chi connectivity index (χ0) is 27.9. The van der Waals surface area contributed by atoms with Gasteiger partial charge in [0.15, 0.2) is 5.69 Å². The van der Waals surface area contributed by atoms with E-state index in [1.54, 1.807) is 17.0 Å². The second kappa shape index (κ2) is 10.5. The van der Waals surface area contributed by atoms with Crippen LogP contribution in [0.1, 0.15) is 47.1 Å². The third kappa shape index (κ3) is 5.89. The summed E-state index contributed by atoms with van der Waals surface area (Å²) in [5, 5.41) is 11.7. The summed E-state index contributed by atoms with van der Waals surface area (Å²) in [6.45, 7) is 1.86. The molecule has 204 valence electrons. The highest BCUT2D eigenvalue weighted by Crippen LogP contribution is 2.38. The van der Waals surface area contributed by atoms with Crippen LogP contribution in [0.25, 0.3) is 16.4 Å². The van der Waals surface area contributed by atoms with Gasteiger partial charge < -0.3 is 4.74 Å². The molecule has 1 aliphatic carbocycles. The van der Waals surface area contributed by atoms with Crippen LogP contribution in [0.3, 0.4) is 0 Å². The highest BCUT2D eigenvalue weighted by molar-refractivity contribution is 7.89. The van der Waals surface area contributed by atoms with Crippen LogP contribution in [-0.4, -0.2) is 35.8 Å². The van der Waals surface area contributed by atoms with Crippen molar-refractivity contribution in [1.29, 1.82) is 0 Å². The van der Waals surface area contributed by atoms with Gasteiger partial charge in [0, 0.05) is 29.0 Å². The van der Waals surface area contributed by atoms with Gasteiger partial charge in [0.05, 0.1) is 18.0 Å². The third-order valence-electron chi connectivity index (χ3n) is 6.25. The lowest BCUT2D eigenvalue weighted by Gasteiger charge is -2.10. The zero-order valence-electron chi connectivity index (χ0n) is 20.7. The minimum Gasteiger partial charge on any atom is -0.461 e. The summed E-state index contributed by atoms with van der Waals surface area (Å²) in [5.74, 6) is -2.84. The van der Waals surface area contributed by atoms with Gasteiger partial charge in [0.2, 0.25) is 15.2 Å². The van der Waals surface area contributed by atoms with Crippen molar-refractivity contribution in [2.24, 2.45) is 11.1 Å². The number of esters is 1. The number of halogens is 3. The van der Waals surface area contributed by atoms with Crippen LogP contribution in [0, 0.1) is 23.4 Å². The first-order chi connectivity index (χ1) is 18.5. The minimum atomic E-state index is -4.26. The number of thiazole rings is 1. The summed E-state index contributed by atoms with van der Waals surface area (Å²) in [6, 6.07) is 6.63. The van der Waals surface area contributed by atoms with Gasteiger partial charge in [0.1, 0.15) is 22.3 Å². The Kier molecular flexibility index (Phi) is 7.31. The van der Waals surface area contributed by atoms with Gasteiger partial charge in [-0.3, -0.25) is 0 Å². The van der Waals surface area contributed by atoms with Crippen LogP contribution in [0.4, 0.5) is 13.2 Å². The molecule has 1 saturated carbocycles. The van der Waals surface area contributed by atoms with Crippen molar-refractivity contribution in [3.63, 3.8) is 0 Å². The summed E-state index contributed by atoms with van der Waals surface area (Å²) < 4.78 is 73.1. The number of sulfonamides is 1. The van der Waals surface area contributed by atoms with E-state index in [9.17, 15) is 26.4 Å². The van der Waals surface area contributed by atoms with Crippen molar-refractivity contribution in [3.8, 4) is 16.4 Å². The zero-order valence-corrected chi connectivity index (χ0v) is 22.3. The first kappa shape index (κ1) is 27.0. The number of aromatic nitrogens is 3. The van der Waals surface area contributed by atoms with E-state index < -0.39 is 38.3 Å². The lowest BCUT2D eigenvalue weighted by Crippen LogP contribution is -2.14. The lowest BCUT2D eigenvalue weighted by molar-refractivity contribution is 0.0520. The highest BCUT2D eigenvalue weighted by atomic mass is 32.2. The smallest absolute Gasteiger partial charge is 0.357 e. The van der Waals surface area contributed by atoms with Gasteiger partial charge in [-0.1, -0.05) is 6.07 Å². The molecular weight excluding hydrogens is 553 g/mol. The van der Waals surface area contributed by atoms with Gasteiger partial charge in [-0.05, 0) is 61.9 Å². The van der Waals surface area contributed by atoms with Gasteiger partial charge in [-0.2, -0.15) is 5.10 Å². The van der Waals surface area contributed by atoms with Crippen molar-refractivity contribution in [2.75, 3.05) is 6.61 Å². The van der Waals surface area contributed by atoms with Crippen molar-refractivity contribution in [1.82, 2.24) is 14.8 Å². The summed E-state index contributed by atoms with van der Waals surface area (Å²) in [6.07, 6.45) is 2.61. The number of primary sulfonamides is 1. The van der Waals surface area contributed by atoms with Crippen molar-refractivity contribution in [2.45, 2.75) is 37.5 Å². The Bertz CT molecular complexity index is 1660. The monoisotopic (exact) mass is 576 g/mol. The Morgan fingerprint density at radius 1 is 1.15 bits per heavy atom. The number of ether oxygens (including phenoxy) is 1. The quantitative estimate of drug-likeness (QED) is 0.287. The van der Waals surface area contributed by atoms with Crippen LogP contribution >= 0.6 is 11.3 Å². The maximum absolute atomic E-state index is 14.7. The van der Waals surface area contributed by atoms with E-state index in [-0.39, 0.29) is 30.0 Å². The molecule has 13 heteroatoms. The van der Waals surface area contributed by atoms with Crippen molar-refractivity contribution < 1.29 is 31.1 Å². The molecule has 0 unspecified atom stereocenters. The fourth-order valence-corrected chi connectivity index (χ4v) is 5.66. The molecule has 2 aromatic carbocycles. The molecule has 0 atom stereocenters. The fourth-order valence-electron chi connectivity index (χ4n) is 4.31. The molecule has 2 aromatic heterocycles. The molecule has 2 N–H and O–H groups in total. The predicted octanol–water partition coefficient (Wildman–Crippen LogP) is 4.78. The second-order valence-corrected chi connectivity index (χ2v) is 11.6. The molecule has 1 fully saturated rings. The Morgan fingerprint density at radius 3 is 2.49 bits per heavy atom. The maximum Gasteiger partial charge on any atom is 0.357 e. The second-order valence-electron chi connectivity index (χ2n) is 9.21. The fraction of sp³-hybridized carbons (Fsp3) is 0.269. The van der Waals surface area contributed by atoms with E-state index in [2.05, 4.69) is 10.1 Å². The Hall–Kier alpha value is -3.55. The summed E-state index contributed by atoms with van der Waals surface area (Å²) >= 11 is 1.16. The van der Waals surface area contributed by atoms with E-state index in [1.807, 2.05) is 0 Å². The van der Waals surface area contributed by atoms with Crippen molar-refractivity contribution in [3.05, 3.63) is 81.7 Å². The molecule has 0 saturated heterocycles. The molecule has 0 bridgehead atoms. The van der Waals surface area contributed by atoms with E-state index in [1.165, 1.54) is 6.07 Å². The third-order valence-corrected chi connectivity index (χ3v) is 8.01. The van der Waals surface area contributed by atoms with Crippen molar-refractivity contribution >= 4 is 27.3 Å². The standard InChI is InChI=1S/C26H23F3N4O4S2/c1-2-37-25(34)21-13-38-26(31-21)33-22(9-14-3-4-14)19(24(32-33)16-10-17(27)12-18(28)11-16)7-15-5-6-23(20(29)8-15)39(30,35)36/h5-6,8,10-14H,2-4,7,9H2,1H3,(H2,30,35,36). The normalized spacial score (nSPS) is 13.6. The van der Waals surface area contributed by atoms with Crippen LogP contribution in [0.5, 0.6) is 0 Å². The number of nitrogens with zero attached hydrogens (tertiary/aromatic N) is 3. The molecular formula is C26H23F3N4O4S2. The number of hydrogen-bond donors (Lipinski definition) is 1. The topological polar surface area (TPSA) is 117 Å². The highest BCUT2D eigenvalue weighted by Gasteiger charge is 2.30. The Labute approximate surface area is 226 Å². The van der Waals surface area contributed by atoms with Gasteiger partial charge in [-0.15, -0.1) is 11.3 Å². The van der Waals surface area contributed by atoms with Crippen LogP contribution in [0.2, 0.25) is 0 Å². The molecule has 4 aromatic rings. The summed E-state index contributed by atoms with van der Waals surface area (Å²) in [5.41, 5.74) is 2.20. The molecule has 8 nitrogen and oxygen atoms in total. The molecule has 0 amide bonds. The van der Waals surface area contributed by atoms with Crippen LogP contribution < -0.4 is 5.14 Å². The Balaban J connectivity index is 1.67. The molecule has 5 rings (SSSR count). The number of rotatable bonds is 9. The molecule has 2 heterocycles. The lowest BCUT2D eigenvalue weighted by atomic mass is 9.97. The summed E-state index contributed by atoms with van der Waals surface area (Å²) in [7, 11) is -4.26. The molecule has 0 radical (unpaired) electrons. The number of hydrogen-bond acceptors (Lipinski definition) is 7. The SMILES string of the molecule is CCOC(=O)c1csc(-n2nc(-c3cc(F)cc(F)c3)c(Cc3ccc(S(N)(=O)=O)c(F)c3)c2CC2CC2)n1.